The maximum absolute atomic E-state index is 11.7. The standard InChI is InChI=1S/C15H21N3O/c1-18-9-10(8-16)7-13(18)12-4-2-3-11-5-6-14(19)17-15(11)12/h2-4,10,13H,5-9,16H2,1H3,(H,17,19). The monoisotopic (exact) mass is 259 g/mol. The Morgan fingerprint density at radius 1 is 1.42 bits per heavy atom. The Kier molecular flexibility index (Phi) is 3.29. The Bertz CT molecular complexity index is 500. The summed E-state index contributed by atoms with van der Waals surface area (Å²) in [6.07, 6.45) is 2.54. The molecule has 2 atom stereocenters. The number of anilines is 1. The molecule has 0 aromatic heterocycles. The minimum atomic E-state index is 0.135. The molecule has 2 unspecified atom stereocenters. The second-order valence-corrected chi connectivity index (χ2v) is 5.72. The predicted molar refractivity (Wildman–Crippen MR) is 75.9 cm³/mol. The summed E-state index contributed by atoms with van der Waals surface area (Å²) in [4.78, 5) is 14.0. The van der Waals surface area contributed by atoms with Crippen LogP contribution in [0.3, 0.4) is 0 Å². The largest absolute Gasteiger partial charge is 0.330 e. The van der Waals surface area contributed by atoms with Gasteiger partial charge in [-0.3, -0.25) is 9.69 Å². The minimum Gasteiger partial charge on any atom is -0.330 e. The number of carbonyl (C=O) groups is 1. The van der Waals surface area contributed by atoms with Crippen molar-refractivity contribution in [3.05, 3.63) is 29.3 Å². The van der Waals surface area contributed by atoms with Gasteiger partial charge in [0, 0.05) is 24.7 Å². The number of fused-ring (bicyclic) bond motifs is 1. The molecule has 0 aliphatic carbocycles. The lowest BCUT2D eigenvalue weighted by Crippen LogP contribution is -2.24. The van der Waals surface area contributed by atoms with Crippen molar-refractivity contribution >= 4 is 11.6 Å². The van der Waals surface area contributed by atoms with Crippen LogP contribution in [0.25, 0.3) is 0 Å². The fourth-order valence-corrected chi connectivity index (χ4v) is 3.35. The van der Waals surface area contributed by atoms with E-state index in [2.05, 4.69) is 35.5 Å². The number of aryl methyl sites for hydroxylation is 1. The maximum Gasteiger partial charge on any atom is 0.224 e. The van der Waals surface area contributed by atoms with Crippen molar-refractivity contribution in [2.24, 2.45) is 11.7 Å². The van der Waals surface area contributed by atoms with Gasteiger partial charge in [-0.15, -0.1) is 0 Å². The number of nitrogens with two attached hydrogens (primary N) is 1. The van der Waals surface area contributed by atoms with Gasteiger partial charge in [0.05, 0.1) is 0 Å². The third kappa shape index (κ3) is 2.26. The lowest BCUT2D eigenvalue weighted by atomic mass is 9.93. The number of amides is 1. The number of hydrogen-bond acceptors (Lipinski definition) is 3. The highest BCUT2D eigenvalue weighted by molar-refractivity contribution is 5.94. The molecule has 1 amide bonds. The maximum atomic E-state index is 11.7. The van der Waals surface area contributed by atoms with E-state index in [1.165, 1.54) is 11.1 Å². The van der Waals surface area contributed by atoms with Crippen molar-refractivity contribution in [1.82, 2.24) is 4.90 Å². The highest BCUT2D eigenvalue weighted by atomic mass is 16.1. The molecule has 0 radical (unpaired) electrons. The van der Waals surface area contributed by atoms with Gasteiger partial charge in [0.2, 0.25) is 5.91 Å². The highest BCUT2D eigenvalue weighted by Crippen LogP contribution is 2.39. The Balaban J connectivity index is 1.95. The minimum absolute atomic E-state index is 0.135. The summed E-state index contributed by atoms with van der Waals surface area (Å²) in [5, 5.41) is 3.06. The number of likely N-dealkylation sites (tertiary alicyclic amines) is 1. The molecule has 3 rings (SSSR count). The molecule has 102 valence electrons. The van der Waals surface area contributed by atoms with Crippen LogP contribution >= 0.6 is 0 Å². The van der Waals surface area contributed by atoms with Crippen molar-refractivity contribution in [2.75, 3.05) is 25.5 Å². The van der Waals surface area contributed by atoms with Gasteiger partial charge >= 0.3 is 0 Å². The third-order valence-electron chi connectivity index (χ3n) is 4.40. The molecule has 1 fully saturated rings. The van der Waals surface area contributed by atoms with Crippen molar-refractivity contribution < 1.29 is 4.79 Å². The second-order valence-electron chi connectivity index (χ2n) is 5.72. The number of benzene rings is 1. The summed E-state index contributed by atoms with van der Waals surface area (Å²) in [6, 6.07) is 6.75. The SMILES string of the molecule is CN1CC(CN)CC1c1cccc2c1NC(=O)CC2. The summed E-state index contributed by atoms with van der Waals surface area (Å²) in [5.41, 5.74) is 9.37. The molecule has 4 nitrogen and oxygen atoms in total. The Labute approximate surface area is 114 Å². The van der Waals surface area contributed by atoms with E-state index in [1.807, 2.05) is 0 Å². The van der Waals surface area contributed by atoms with Crippen LogP contribution in [-0.2, 0) is 11.2 Å². The van der Waals surface area contributed by atoms with Crippen molar-refractivity contribution in [2.45, 2.75) is 25.3 Å². The first kappa shape index (κ1) is 12.6. The normalized spacial score (nSPS) is 27.2. The van der Waals surface area contributed by atoms with E-state index in [4.69, 9.17) is 5.73 Å². The first-order chi connectivity index (χ1) is 9.19. The van der Waals surface area contributed by atoms with Crippen molar-refractivity contribution in [1.29, 1.82) is 0 Å². The molecule has 3 N–H and O–H groups in total. The molecule has 0 saturated carbocycles. The summed E-state index contributed by atoms with van der Waals surface area (Å²) in [5.74, 6) is 0.695. The Hall–Kier alpha value is -1.39. The van der Waals surface area contributed by atoms with Crippen LogP contribution in [0.1, 0.15) is 30.0 Å². The van der Waals surface area contributed by atoms with Crippen LogP contribution in [0.15, 0.2) is 18.2 Å². The lowest BCUT2D eigenvalue weighted by Gasteiger charge is -2.26. The van der Waals surface area contributed by atoms with Gasteiger partial charge in [-0.2, -0.15) is 0 Å². The van der Waals surface area contributed by atoms with E-state index in [9.17, 15) is 4.79 Å². The fourth-order valence-electron chi connectivity index (χ4n) is 3.35. The Morgan fingerprint density at radius 3 is 3.00 bits per heavy atom. The van der Waals surface area contributed by atoms with Gasteiger partial charge in [0.25, 0.3) is 0 Å². The molecule has 1 aromatic carbocycles. The van der Waals surface area contributed by atoms with Crippen molar-refractivity contribution in [3.8, 4) is 0 Å². The van der Waals surface area contributed by atoms with Crippen LogP contribution in [0, 0.1) is 5.92 Å². The van der Waals surface area contributed by atoms with E-state index in [0.29, 0.717) is 18.4 Å². The second kappa shape index (κ2) is 4.94. The van der Waals surface area contributed by atoms with Crippen LogP contribution in [0.2, 0.25) is 0 Å². The quantitative estimate of drug-likeness (QED) is 0.846. The number of carbonyl (C=O) groups excluding carboxylic acids is 1. The zero-order valence-electron chi connectivity index (χ0n) is 11.4. The van der Waals surface area contributed by atoms with E-state index in [0.717, 1.165) is 31.6 Å². The van der Waals surface area contributed by atoms with Crippen molar-refractivity contribution in [3.63, 3.8) is 0 Å². The first-order valence-electron chi connectivity index (χ1n) is 7.01. The first-order valence-corrected chi connectivity index (χ1v) is 7.01. The molecule has 2 heterocycles. The molecule has 1 saturated heterocycles. The van der Waals surface area contributed by atoms with Gasteiger partial charge in [-0.1, -0.05) is 18.2 Å². The third-order valence-corrected chi connectivity index (χ3v) is 4.40. The average molecular weight is 259 g/mol. The van der Waals surface area contributed by atoms with Gasteiger partial charge in [-0.05, 0) is 43.5 Å². The number of rotatable bonds is 2. The molecule has 19 heavy (non-hydrogen) atoms. The van der Waals surface area contributed by atoms with Crippen LogP contribution in [0.4, 0.5) is 5.69 Å². The molecule has 2 aliphatic heterocycles. The molecule has 4 heteroatoms. The van der Waals surface area contributed by atoms with Gasteiger partial charge in [-0.25, -0.2) is 0 Å². The van der Waals surface area contributed by atoms with Crippen LogP contribution in [-0.4, -0.2) is 30.9 Å². The van der Waals surface area contributed by atoms with E-state index >= 15 is 0 Å². The number of hydrogen-bond donors (Lipinski definition) is 2. The number of nitrogens with one attached hydrogen (secondary N) is 1. The number of nitrogens with zero attached hydrogens (tertiary/aromatic N) is 1. The smallest absolute Gasteiger partial charge is 0.224 e. The van der Waals surface area contributed by atoms with Crippen LogP contribution in [0.5, 0.6) is 0 Å². The predicted octanol–water partition coefficient (Wildman–Crippen LogP) is 1.52. The summed E-state index contributed by atoms with van der Waals surface area (Å²) in [7, 11) is 2.14. The molecule has 0 bridgehead atoms. The summed E-state index contributed by atoms with van der Waals surface area (Å²) in [6.45, 7) is 1.78. The van der Waals surface area contributed by atoms with Gasteiger partial charge < -0.3 is 11.1 Å². The summed E-state index contributed by atoms with van der Waals surface area (Å²) >= 11 is 0. The molecular weight excluding hydrogens is 238 g/mol. The van der Waals surface area contributed by atoms with E-state index in [1.54, 1.807) is 0 Å². The lowest BCUT2D eigenvalue weighted by molar-refractivity contribution is -0.116. The Morgan fingerprint density at radius 2 is 2.26 bits per heavy atom. The molecule has 2 aliphatic rings. The number of para-hydroxylation sites is 1. The molecule has 1 aromatic rings. The van der Waals surface area contributed by atoms with Gasteiger partial charge in [0.15, 0.2) is 0 Å². The molecule has 0 spiro atoms. The topological polar surface area (TPSA) is 58.4 Å². The zero-order valence-corrected chi connectivity index (χ0v) is 11.4. The average Bonchev–Trinajstić information content (AvgIpc) is 2.79. The van der Waals surface area contributed by atoms with Gasteiger partial charge in [0.1, 0.15) is 0 Å². The van der Waals surface area contributed by atoms with Crippen LogP contribution < -0.4 is 11.1 Å². The van der Waals surface area contributed by atoms with E-state index in [-0.39, 0.29) is 5.91 Å². The molecular formula is C15H21N3O. The van der Waals surface area contributed by atoms with E-state index < -0.39 is 0 Å². The fraction of sp³-hybridized carbons (Fsp3) is 0.533. The highest BCUT2D eigenvalue weighted by Gasteiger charge is 2.32. The zero-order chi connectivity index (χ0) is 13.4. The summed E-state index contributed by atoms with van der Waals surface area (Å²) < 4.78 is 0.